The lowest BCUT2D eigenvalue weighted by Gasteiger charge is -2.41. The molecule has 0 radical (unpaired) electrons. The predicted octanol–water partition coefficient (Wildman–Crippen LogP) is -0.528. The molecule has 0 amide bonds. The smallest absolute Gasteiger partial charge is 0.303 e. The number of carboxylic acids is 1. The number of aliphatic hydroxyl groups is 4. The standard InChI is InChI=1S/C15H28O8/c1-3-4-5-9(8(2)6-11(17)18)22-15-14(21)13(20)12(19)10(7-16)23-15/h8-10,12-16,19-21H,3-7H2,1-2H3,(H,17,18)/t8?,9?,10-,12-,13+,14-,15-/m1/s1. The normalized spacial score (nSPS) is 34.1. The molecule has 1 heterocycles. The number of rotatable bonds is 9. The number of hydrogen-bond acceptors (Lipinski definition) is 7. The van der Waals surface area contributed by atoms with Gasteiger partial charge in [0.05, 0.1) is 19.1 Å². The number of unbranched alkanes of at least 4 members (excludes halogenated alkanes) is 1. The monoisotopic (exact) mass is 336 g/mol. The summed E-state index contributed by atoms with van der Waals surface area (Å²) in [7, 11) is 0. The van der Waals surface area contributed by atoms with E-state index in [0.29, 0.717) is 6.42 Å². The van der Waals surface area contributed by atoms with Crippen LogP contribution < -0.4 is 0 Å². The van der Waals surface area contributed by atoms with Crippen molar-refractivity contribution in [1.82, 2.24) is 0 Å². The number of hydrogen-bond donors (Lipinski definition) is 5. The summed E-state index contributed by atoms with van der Waals surface area (Å²) in [6.45, 7) is 3.19. The van der Waals surface area contributed by atoms with Gasteiger partial charge >= 0.3 is 5.97 Å². The summed E-state index contributed by atoms with van der Waals surface area (Å²) in [5, 5.41) is 47.6. The van der Waals surface area contributed by atoms with Crippen molar-refractivity contribution in [3.8, 4) is 0 Å². The molecule has 8 nitrogen and oxygen atoms in total. The van der Waals surface area contributed by atoms with Gasteiger partial charge in [0, 0.05) is 0 Å². The number of aliphatic carboxylic acids is 1. The van der Waals surface area contributed by atoms with Gasteiger partial charge in [-0.1, -0.05) is 26.7 Å². The van der Waals surface area contributed by atoms with E-state index in [-0.39, 0.29) is 12.3 Å². The summed E-state index contributed by atoms with van der Waals surface area (Å²) in [6.07, 6.45) is -4.98. The van der Waals surface area contributed by atoms with E-state index in [0.717, 1.165) is 12.8 Å². The maximum Gasteiger partial charge on any atom is 0.303 e. The molecule has 23 heavy (non-hydrogen) atoms. The zero-order valence-electron chi connectivity index (χ0n) is 13.5. The van der Waals surface area contributed by atoms with Gasteiger partial charge in [0.25, 0.3) is 0 Å². The van der Waals surface area contributed by atoms with Crippen LogP contribution in [0.3, 0.4) is 0 Å². The molecular formula is C15H28O8. The summed E-state index contributed by atoms with van der Waals surface area (Å²) in [6, 6.07) is 0. The molecule has 0 bridgehead atoms. The third-order valence-corrected chi connectivity index (χ3v) is 4.13. The maximum atomic E-state index is 10.9. The zero-order valence-corrected chi connectivity index (χ0v) is 13.5. The van der Waals surface area contributed by atoms with E-state index in [2.05, 4.69) is 0 Å². The van der Waals surface area contributed by atoms with Crippen LogP contribution in [0.4, 0.5) is 0 Å². The quantitative estimate of drug-likeness (QED) is 0.379. The van der Waals surface area contributed by atoms with Gasteiger partial charge in [-0.25, -0.2) is 0 Å². The minimum absolute atomic E-state index is 0.0915. The van der Waals surface area contributed by atoms with Crippen molar-refractivity contribution >= 4 is 5.97 Å². The van der Waals surface area contributed by atoms with Crippen molar-refractivity contribution in [3.63, 3.8) is 0 Å². The van der Waals surface area contributed by atoms with Gasteiger partial charge in [0.1, 0.15) is 24.4 Å². The highest BCUT2D eigenvalue weighted by Crippen LogP contribution is 2.27. The Morgan fingerprint density at radius 1 is 1.22 bits per heavy atom. The van der Waals surface area contributed by atoms with Crippen LogP contribution in [-0.2, 0) is 14.3 Å². The molecule has 1 fully saturated rings. The SMILES string of the molecule is CCCCC(O[C@@H]1O[C@H](CO)[C@@H](O)[C@H](O)[C@H]1O)C(C)CC(=O)O. The van der Waals surface area contributed by atoms with Crippen molar-refractivity contribution in [2.45, 2.75) is 76.3 Å². The lowest BCUT2D eigenvalue weighted by atomic mass is 9.95. The third kappa shape index (κ3) is 5.66. The van der Waals surface area contributed by atoms with E-state index in [1.807, 2.05) is 6.92 Å². The molecule has 0 aliphatic carbocycles. The van der Waals surface area contributed by atoms with Crippen molar-refractivity contribution in [3.05, 3.63) is 0 Å². The fraction of sp³-hybridized carbons (Fsp3) is 0.933. The average Bonchev–Trinajstić information content (AvgIpc) is 2.50. The summed E-state index contributed by atoms with van der Waals surface area (Å²) >= 11 is 0. The summed E-state index contributed by atoms with van der Waals surface area (Å²) in [4.78, 5) is 10.9. The molecule has 0 aromatic heterocycles. The summed E-state index contributed by atoms with van der Waals surface area (Å²) < 4.78 is 11.0. The second-order valence-corrected chi connectivity index (χ2v) is 6.09. The lowest BCUT2D eigenvalue weighted by Crippen LogP contribution is -2.59. The molecule has 0 aromatic carbocycles. The molecule has 5 N–H and O–H groups in total. The number of carboxylic acid groups (broad SMARTS) is 1. The van der Waals surface area contributed by atoms with Crippen molar-refractivity contribution in [1.29, 1.82) is 0 Å². The molecule has 136 valence electrons. The van der Waals surface area contributed by atoms with Crippen molar-refractivity contribution in [2.75, 3.05) is 6.61 Å². The molecule has 0 aromatic rings. The van der Waals surface area contributed by atoms with Crippen LogP contribution in [0.2, 0.25) is 0 Å². The fourth-order valence-corrected chi connectivity index (χ4v) is 2.65. The van der Waals surface area contributed by atoms with Gasteiger partial charge in [-0.05, 0) is 12.3 Å². The van der Waals surface area contributed by atoms with Crippen molar-refractivity contribution in [2.24, 2.45) is 5.92 Å². The molecule has 0 spiro atoms. The molecule has 0 saturated carbocycles. The minimum Gasteiger partial charge on any atom is -0.481 e. The summed E-state index contributed by atoms with van der Waals surface area (Å²) in [5.41, 5.74) is 0. The number of ether oxygens (including phenoxy) is 2. The van der Waals surface area contributed by atoms with Crippen LogP contribution in [0.1, 0.15) is 39.5 Å². The van der Waals surface area contributed by atoms with E-state index < -0.39 is 49.4 Å². The van der Waals surface area contributed by atoms with Gasteiger partial charge in [0.15, 0.2) is 6.29 Å². The Bertz CT molecular complexity index is 361. The van der Waals surface area contributed by atoms with E-state index in [9.17, 15) is 25.2 Å². The molecule has 2 unspecified atom stereocenters. The number of aliphatic hydroxyl groups excluding tert-OH is 4. The second kappa shape index (κ2) is 9.51. The zero-order chi connectivity index (χ0) is 17.6. The average molecular weight is 336 g/mol. The second-order valence-electron chi connectivity index (χ2n) is 6.09. The predicted molar refractivity (Wildman–Crippen MR) is 79.6 cm³/mol. The van der Waals surface area contributed by atoms with Crippen LogP contribution in [0.25, 0.3) is 0 Å². The van der Waals surface area contributed by atoms with Crippen LogP contribution in [0.15, 0.2) is 0 Å². The van der Waals surface area contributed by atoms with E-state index in [1.165, 1.54) is 0 Å². The Labute approximate surface area is 135 Å². The number of carbonyl (C=O) groups is 1. The topological polar surface area (TPSA) is 137 Å². The van der Waals surface area contributed by atoms with Gasteiger partial charge in [-0.2, -0.15) is 0 Å². The molecule has 8 heteroatoms. The van der Waals surface area contributed by atoms with Crippen LogP contribution >= 0.6 is 0 Å². The molecular weight excluding hydrogens is 308 g/mol. The fourth-order valence-electron chi connectivity index (χ4n) is 2.65. The van der Waals surface area contributed by atoms with Gasteiger partial charge in [-0.3, -0.25) is 4.79 Å². The minimum atomic E-state index is -1.51. The Balaban J connectivity index is 2.77. The van der Waals surface area contributed by atoms with Crippen LogP contribution in [-0.4, -0.2) is 74.9 Å². The molecule has 1 rings (SSSR count). The molecule has 1 aliphatic rings. The first-order chi connectivity index (χ1) is 10.8. The first-order valence-electron chi connectivity index (χ1n) is 7.99. The Morgan fingerprint density at radius 2 is 1.87 bits per heavy atom. The molecule has 7 atom stereocenters. The first kappa shape index (κ1) is 20.3. The van der Waals surface area contributed by atoms with E-state index in [4.69, 9.17) is 14.6 Å². The summed E-state index contributed by atoms with van der Waals surface area (Å²) in [5.74, 6) is -1.26. The Morgan fingerprint density at radius 3 is 2.39 bits per heavy atom. The maximum absolute atomic E-state index is 10.9. The molecule has 1 aliphatic heterocycles. The third-order valence-electron chi connectivity index (χ3n) is 4.13. The van der Waals surface area contributed by atoms with Crippen LogP contribution in [0, 0.1) is 5.92 Å². The highest BCUT2D eigenvalue weighted by atomic mass is 16.7. The highest BCUT2D eigenvalue weighted by Gasteiger charge is 2.45. The lowest BCUT2D eigenvalue weighted by molar-refractivity contribution is -0.315. The highest BCUT2D eigenvalue weighted by molar-refractivity contribution is 5.67. The van der Waals surface area contributed by atoms with E-state index in [1.54, 1.807) is 6.92 Å². The van der Waals surface area contributed by atoms with E-state index >= 15 is 0 Å². The van der Waals surface area contributed by atoms with Crippen molar-refractivity contribution < 1.29 is 39.8 Å². The first-order valence-corrected chi connectivity index (χ1v) is 7.99. The molecule has 1 saturated heterocycles. The van der Waals surface area contributed by atoms with Gasteiger partial charge < -0.3 is 35.0 Å². The largest absolute Gasteiger partial charge is 0.481 e. The Hall–Kier alpha value is -0.770. The van der Waals surface area contributed by atoms with Gasteiger partial charge in [-0.15, -0.1) is 0 Å². The van der Waals surface area contributed by atoms with Crippen LogP contribution in [0.5, 0.6) is 0 Å². The van der Waals surface area contributed by atoms with Gasteiger partial charge in [0.2, 0.25) is 0 Å². The Kier molecular flexibility index (Phi) is 8.38.